The lowest BCUT2D eigenvalue weighted by Gasteiger charge is -2.05. The van der Waals surface area contributed by atoms with E-state index in [1.165, 1.54) is 6.42 Å². The molecule has 1 N–H and O–H groups in total. The highest BCUT2D eigenvalue weighted by Crippen LogP contribution is 2.18. The molecule has 14 heavy (non-hydrogen) atoms. The van der Waals surface area contributed by atoms with Crippen molar-refractivity contribution in [2.75, 3.05) is 18.8 Å². The predicted molar refractivity (Wildman–Crippen MR) is 63.0 cm³/mol. The zero-order chi connectivity index (χ0) is 10.2. The maximum atomic E-state index is 3.97. The quantitative estimate of drug-likeness (QED) is 0.577. The molecule has 5 heteroatoms. The molecule has 3 nitrogen and oxygen atoms in total. The molecule has 0 unspecified atom stereocenters. The standard InChI is InChI=1S/C9H17N3S2/c1-8(2)6-10-4-3-5-13-9-12-11-7-14-9/h7-8,10H,3-6H2,1-2H3. The Hall–Kier alpha value is -0.130. The fourth-order valence-electron chi connectivity index (χ4n) is 0.973. The van der Waals surface area contributed by atoms with E-state index in [0.29, 0.717) is 0 Å². The van der Waals surface area contributed by atoms with E-state index in [9.17, 15) is 0 Å². The molecule has 0 amide bonds. The topological polar surface area (TPSA) is 37.8 Å². The highest BCUT2D eigenvalue weighted by molar-refractivity contribution is 8.00. The fraction of sp³-hybridized carbons (Fsp3) is 0.778. The number of hydrogen-bond acceptors (Lipinski definition) is 5. The van der Waals surface area contributed by atoms with Crippen LogP contribution >= 0.6 is 23.1 Å². The van der Waals surface area contributed by atoms with Crippen molar-refractivity contribution in [3.05, 3.63) is 5.51 Å². The number of nitrogens with one attached hydrogen (secondary N) is 1. The molecule has 0 radical (unpaired) electrons. The highest BCUT2D eigenvalue weighted by Gasteiger charge is 1.97. The Morgan fingerprint density at radius 3 is 3.07 bits per heavy atom. The Kier molecular flexibility index (Phi) is 6.14. The average Bonchev–Trinajstić information content (AvgIpc) is 2.63. The van der Waals surface area contributed by atoms with Gasteiger partial charge in [-0.25, -0.2) is 0 Å². The molecule has 0 saturated heterocycles. The van der Waals surface area contributed by atoms with Gasteiger partial charge in [0.05, 0.1) is 0 Å². The molecule has 0 aliphatic carbocycles. The van der Waals surface area contributed by atoms with Gasteiger partial charge >= 0.3 is 0 Å². The van der Waals surface area contributed by atoms with Crippen LogP contribution in [0, 0.1) is 5.92 Å². The Morgan fingerprint density at radius 1 is 1.57 bits per heavy atom. The van der Waals surface area contributed by atoms with E-state index in [4.69, 9.17) is 0 Å². The van der Waals surface area contributed by atoms with Crippen molar-refractivity contribution in [3.8, 4) is 0 Å². The molecule has 0 aliphatic rings. The zero-order valence-corrected chi connectivity index (χ0v) is 10.3. The van der Waals surface area contributed by atoms with Crippen LogP contribution < -0.4 is 5.32 Å². The van der Waals surface area contributed by atoms with Crippen LogP contribution in [-0.2, 0) is 0 Å². The fourth-order valence-corrected chi connectivity index (χ4v) is 2.47. The van der Waals surface area contributed by atoms with E-state index >= 15 is 0 Å². The van der Waals surface area contributed by atoms with Gasteiger partial charge in [0, 0.05) is 5.75 Å². The minimum absolute atomic E-state index is 0.741. The van der Waals surface area contributed by atoms with E-state index in [1.54, 1.807) is 28.6 Å². The van der Waals surface area contributed by atoms with Gasteiger partial charge in [0.15, 0.2) is 4.34 Å². The summed E-state index contributed by atoms with van der Waals surface area (Å²) in [5.41, 5.74) is 1.78. The van der Waals surface area contributed by atoms with Crippen LogP contribution in [0.1, 0.15) is 20.3 Å². The lowest BCUT2D eigenvalue weighted by atomic mass is 10.2. The Balaban J connectivity index is 1.90. The van der Waals surface area contributed by atoms with Crippen LogP contribution in [0.3, 0.4) is 0 Å². The van der Waals surface area contributed by atoms with E-state index in [0.717, 1.165) is 29.1 Å². The second-order valence-electron chi connectivity index (χ2n) is 3.50. The maximum Gasteiger partial charge on any atom is 0.174 e. The van der Waals surface area contributed by atoms with Gasteiger partial charge in [-0.3, -0.25) is 0 Å². The van der Waals surface area contributed by atoms with Crippen LogP contribution in [-0.4, -0.2) is 29.0 Å². The van der Waals surface area contributed by atoms with E-state index in [2.05, 4.69) is 29.4 Å². The SMILES string of the molecule is CC(C)CNCCCSc1nncs1. The second kappa shape index (κ2) is 7.20. The third-order valence-corrected chi connectivity index (χ3v) is 3.56. The van der Waals surface area contributed by atoms with Crippen LogP contribution in [0.25, 0.3) is 0 Å². The highest BCUT2D eigenvalue weighted by atomic mass is 32.2. The molecule has 1 heterocycles. The van der Waals surface area contributed by atoms with E-state index in [-0.39, 0.29) is 0 Å². The van der Waals surface area contributed by atoms with Crippen molar-refractivity contribution in [1.82, 2.24) is 15.5 Å². The first-order valence-electron chi connectivity index (χ1n) is 4.88. The van der Waals surface area contributed by atoms with Gasteiger partial charge < -0.3 is 5.32 Å². The van der Waals surface area contributed by atoms with Gasteiger partial charge in [-0.05, 0) is 25.4 Å². The number of rotatable bonds is 7. The first kappa shape index (κ1) is 11.9. The summed E-state index contributed by atoms with van der Waals surface area (Å²) in [5.74, 6) is 1.87. The summed E-state index contributed by atoms with van der Waals surface area (Å²) in [6, 6.07) is 0. The molecular weight excluding hydrogens is 214 g/mol. The van der Waals surface area contributed by atoms with Gasteiger partial charge in [0.1, 0.15) is 5.51 Å². The normalized spacial score (nSPS) is 11.1. The first-order chi connectivity index (χ1) is 6.79. The monoisotopic (exact) mass is 231 g/mol. The second-order valence-corrected chi connectivity index (χ2v) is 5.68. The maximum absolute atomic E-state index is 3.97. The van der Waals surface area contributed by atoms with Gasteiger partial charge in [-0.15, -0.1) is 10.2 Å². The molecule has 0 fully saturated rings. The largest absolute Gasteiger partial charge is 0.316 e. The molecule has 0 saturated carbocycles. The summed E-state index contributed by atoms with van der Waals surface area (Å²) >= 11 is 3.40. The Labute approximate surface area is 93.7 Å². The molecule has 0 bridgehead atoms. The number of aromatic nitrogens is 2. The summed E-state index contributed by atoms with van der Waals surface area (Å²) < 4.78 is 1.08. The summed E-state index contributed by atoms with van der Waals surface area (Å²) in [7, 11) is 0. The van der Waals surface area contributed by atoms with Crippen molar-refractivity contribution >= 4 is 23.1 Å². The van der Waals surface area contributed by atoms with Gasteiger partial charge in [0.2, 0.25) is 0 Å². The molecule has 1 aromatic heterocycles. The lowest BCUT2D eigenvalue weighted by molar-refractivity contribution is 0.552. The molecule has 80 valence electrons. The van der Waals surface area contributed by atoms with Crippen molar-refractivity contribution < 1.29 is 0 Å². The molecule has 1 aromatic rings. The minimum Gasteiger partial charge on any atom is -0.316 e. The van der Waals surface area contributed by atoms with E-state index in [1.807, 2.05) is 0 Å². The zero-order valence-electron chi connectivity index (χ0n) is 8.69. The Morgan fingerprint density at radius 2 is 2.43 bits per heavy atom. The Bertz CT molecular complexity index is 224. The molecule has 0 aliphatic heterocycles. The number of hydrogen-bond donors (Lipinski definition) is 1. The van der Waals surface area contributed by atoms with E-state index < -0.39 is 0 Å². The summed E-state index contributed by atoms with van der Waals surface area (Å²) in [5, 5.41) is 11.2. The lowest BCUT2D eigenvalue weighted by Crippen LogP contribution is -2.21. The predicted octanol–water partition coefficient (Wildman–Crippen LogP) is 2.27. The third kappa shape index (κ3) is 5.57. The molecule has 0 spiro atoms. The van der Waals surface area contributed by atoms with Gasteiger partial charge in [0.25, 0.3) is 0 Å². The van der Waals surface area contributed by atoms with Crippen molar-refractivity contribution in [2.45, 2.75) is 24.6 Å². The van der Waals surface area contributed by atoms with Crippen molar-refractivity contribution in [1.29, 1.82) is 0 Å². The number of nitrogens with zero attached hydrogens (tertiary/aromatic N) is 2. The summed E-state index contributed by atoms with van der Waals surface area (Å²) in [4.78, 5) is 0. The van der Waals surface area contributed by atoms with Gasteiger partial charge in [-0.2, -0.15) is 0 Å². The first-order valence-corrected chi connectivity index (χ1v) is 6.75. The third-order valence-electron chi connectivity index (χ3n) is 1.62. The van der Waals surface area contributed by atoms with Crippen LogP contribution in [0.2, 0.25) is 0 Å². The smallest absolute Gasteiger partial charge is 0.174 e. The average molecular weight is 231 g/mol. The molecular formula is C9H17N3S2. The molecule has 1 rings (SSSR count). The van der Waals surface area contributed by atoms with Crippen LogP contribution in [0.4, 0.5) is 0 Å². The van der Waals surface area contributed by atoms with Crippen LogP contribution in [0.15, 0.2) is 9.85 Å². The van der Waals surface area contributed by atoms with Crippen molar-refractivity contribution in [3.63, 3.8) is 0 Å². The number of thioether (sulfide) groups is 1. The van der Waals surface area contributed by atoms with Crippen LogP contribution in [0.5, 0.6) is 0 Å². The summed E-state index contributed by atoms with van der Waals surface area (Å²) in [6.07, 6.45) is 1.19. The molecule has 0 atom stereocenters. The van der Waals surface area contributed by atoms with Gasteiger partial charge in [-0.1, -0.05) is 36.9 Å². The minimum atomic E-state index is 0.741. The van der Waals surface area contributed by atoms with Crippen molar-refractivity contribution in [2.24, 2.45) is 5.92 Å². The summed E-state index contributed by atoms with van der Waals surface area (Å²) in [6.45, 7) is 6.67. The molecule has 0 aromatic carbocycles.